The molecule has 5 nitrogen and oxygen atoms in total. The summed E-state index contributed by atoms with van der Waals surface area (Å²) in [5.41, 5.74) is 1.46. The Morgan fingerprint density at radius 1 is 1.26 bits per heavy atom. The SMILES string of the molecule is Cc1c(C(=O)Nc2ccc(F)cc2)sc2ncnc(N3CCCCC3C)c12. The van der Waals surface area contributed by atoms with Gasteiger partial charge in [0, 0.05) is 18.3 Å². The highest BCUT2D eigenvalue weighted by atomic mass is 32.1. The maximum atomic E-state index is 13.1. The van der Waals surface area contributed by atoms with Crippen LogP contribution in [0.1, 0.15) is 41.4 Å². The van der Waals surface area contributed by atoms with Gasteiger partial charge in [0.05, 0.1) is 10.3 Å². The fourth-order valence-corrected chi connectivity index (χ4v) is 4.66. The number of carbonyl (C=O) groups is 1. The van der Waals surface area contributed by atoms with Crippen molar-refractivity contribution in [1.82, 2.24) is 9.97 Å². The Morgan fingerprint density at radius 3 is 2.78 bits per heavy atom. The van der Waals surface area contributed by atoms with Crippen molar-refractivity contribution >= 4 is 39.0 Å². The molecular weight excluding hydrogens is 363 g/mol. The Balaban J connectivity index is 1.70. The molecule has 0 saturated carbocycles. The van der Waals surface area contributed by atoms with Gasteiger partial charge in [0.1, 0.15) is 22.8 Å². The number of hydrogen-bond donors (Lipinski definition) is 1. The predicted octanol–water partition coefficient (Wildman–Crippen LogP) is 4.77. The minimum atomic E-state index is -0.332. The molecule has 27 heavy (non-hydrogen) atoms. The van der Waals surface area contributed by atoms with Crippen molar-refractivity contribution in [2.45, 2.75) is 39.2 Å². The minimum absolute atomic E-state index is 0.209. The normalized spacial score (nSPS) is 17.3. The van der Waals surface area contributed by atoms with E-state index in [1.165, 1.54) is 29.9 Å². The van der Waals surface area contributed by atoms with Gasteiger partial charge in [-0.2, -0.15) is 0 Å². The summed E-state index contributed by atoms with van der Waals surface area (Å²) in [6.07, 6.45) is 5.11. The average Bonchev–Trinajstić information content (AvgIpc) is 3.01. The molecule has 3 heterocycles. The number of halogens is 1. The zero-order valence-electron chi connectivity index (χ0n) is 15.3. The highest BCUT2D eigenvalue weighted by molar-refractivity contribution is 7.20. The van der Waals surface area contributed by atoms with E-state index in [4.69, 9.17) is 0 Å². The lowest BCUT2D eigenvalue weighted by Crippen LogP contribution is -2.38. The lowest BCUT2D eigenvalue weighted by molar-refractivity contribution is 0.103. The van der Waals surface area contributed by atoms with Gasteiger partial charge in [-0.1, -0.05) is 0 Å². The molecule has 0 spiro atoms. The third-order valence-corrected chi connectivity index (χ3v) is 6.29. The van der Waals surface area contributed by atoms with Crippen LogP contribution in [-0.2, 0) is 0 Å². The van der Waals surface area contributed by atoms with Crippen LogP contribution in [0.4, 0.5) is 15.9 Å². The number of nitrogens with one attached hydrogen (secondary N) is 1. The van der Waals surface area contributed by atoms with E-state index in [1.54, 1.807) is 18.5 Å². The van der Waals surface area contributed by atoms with Gasteiger partial charge in [0.2, 0.25) is 0 Å². The number of thiophene rings is 1. The van der Waals surface area contributed by atoms with E-state index in [-0.39, 0.29) is 11.7 Å². The Kier molecular flexibility index (Phi) is 4.78. The minimum Gasteiger partial charge on any atom is -0.353 e. The molecule has 2 aromatic heterocycles. The van der Waals surface area contributed by atoms with Gasteiger partial charge in [-0.25, -0.2) is 14.4 Å². The molecule has 7 heteroatoms. The fraction of sp³-hybridized carbons (Fsp3) is 0.350. The molecule has 140 valence electrons. The number of rotatable bonds is 3. The number of aromatic nitrogens is 2. The molecule has 1 aliphatic rings. The summed E-state index contributed by atoms with van der Waals surface area (Å²) in [6.45, 7) is 5.14. The van der Waals surface area contributed by atoms with Crippen molar-refractivity contribution in [3.05, 3.63) is 46.9 Å². The Labute approximate surface area is 161 Å². The van der Waals surface area contributed by atoms with Crippen LogP contribution in [0.2, 0.25) is 0 Å². The van der Waals surface area contributed by atoms with Gasteiger partial charge in [-0.05, 0) is 62.9 Å². The first kappa shape index (κ1) is 17.9. The maximum Gasteiger partial charge on any atom is 0.266 e. The number of fused-ring (bicyclic) bond motifs is 1. The smallest absolute Gasteiger partial charge is 0.266 e. The third kappa shape index (κ3) is 3.39. The summed E-state index contributed by atoms with van der Waals surface area (Å²) in [6, 6.07) is 6.18. The van der Waals surface area contributed by atoms with Crippen molar-refractivity contribution in [3.8, 4) is 0 Å². The molecule has 3 aromatic rings. The first-order valence-corrected chi connectivity index (χ1v) is 9.94. The van der Waals surface area contributed by atoms with Crippen LogP contribution in [0.25, 0.3) is 10.2 Å². The standard InChI is InChI=1S/C20H21FN4OS/c1-12-5-3-4-10-25(12)18-16-13(2)17(27-20(16)23-11-22-18)19(26)24-15-8-6-14(21)7-9-15/h6-9,11-12H,3-5,10H2,1-2H3,(H,24,26). The van der Waals surface area contributed by atoms with E-state index in [0.29, 0.717) is 16.6 Å². The molecule has 1 aromatic carbocycles. The molecule has 1 atom stereocenters. The molecule has 1 unspecified atom stereocenters. The molecule has 4 rings (SSSR count). The highest BCUT2D eigenvalue weighted by Crippen LogP contribution is 2.37. The summed E-state index contributed by atoms with van der Waals surface area (Å²) in [5, 5.41) is 3.80. The van der Waals surface area contributed by atoms with Crippen LogP contribution in [0.3, 0.4) is 0 Å². The van der Waals surface area contributed by atoms with Gasteiger partial charge in [0.25, 0.3) is 5.91 Å². The molecule has 1 aliphatic heterocycles. The van der Waals surface area contributed by atoms with Gasteiger partial charge in [0.15, 0.2) is 0 Å². The number of aryl methyl sites for hydroxylation is 1. The van der Waals surface area contributed by atoms with Crippen LogP contribution >= 0.6 is 11.3 Å². The van der Waals surface area contributed by atoms with Crippen molar-refractivity contribution in [2.75, 3.05) is 16.8 Å². The van der Waals surface area contributed by atoms with Crippen molar-refractivity contribution in [1.29, 1.82) is 0 Å². The Hall–Kier alpha value is -2.54. The molecule has 1 saturated heterocycles. The number of piperidine rings is 1. The summed E-state index contributed by atoms with van der Waals surface area (Å²) < 4.78 is 13.1. The number of benzene rings is 1. The van der Waals surface area contributed by atoms with Crippen LogP contribution in [-0.4, -0.2) is 28.5 Å². The van der Waals surface area contributed by atoms with E-state index in [0.717, 1.165) is 41.0 Å². The average molecular weight is 384 g/mol. The summed E-state index contributed by atoms with van der Waals surface area (Å²) in [7, 11) is 0. The molecular formula is C20H21FN4OS. The molecule has 0 aliphatic carbocycles. The molecule has 0 bridgehead atoms. The van der Waals surface area contributed by atoms with Gasteiger partial charge >= 0.3 is 0 Å². The largest absolute Gasteiger partial charge is 0.353 e. The van der Waals surface area contributed by atoms with Crippen molar-refractivity contribution in [2.24, 2.45) is 0 Å². The van der Waals surface area contributed by atoms with Gasteiger partial charge < -0.3 is 10.2 Å². The molecule has 1 fully saturated rings. The number of nitrogens with zero attached hydrogens (tertiary/aromatic N) is 3. The molecule has 0 radical (unpaired) electrons. The Bertz CT molecular complexity index is 986. The van der Waals surface area contributed by atoms with Crippen molar-refractivity contribution < 1.29 is 9.18 Å². The van der Waals surface area contributed by atoms with E-state index >= 15 is 0 Å². The van der Waals surface area contributed by atoms with Gasteiger partial charge in [-0.15, -0.1) is 11.3 Å². The predicted molar refractivity (Wildman–Crippen MR) is 107 cm³/mol. The third-order valence-electron chi connectivity index (χ3n) is 5.09. The second-order valence-electron chi connectivity index (χ2n) is 6.93. The first-order chi connectivity index (χ1) is 13.0. The first-order valence-electron chi connectivity index (χ1n) is 9.12. The fourth-order valence-electron chi connectivity index (χ4n) is 3.62. The van der Waals surface area contributed by atoms with E-state index in [9.17, 15) is 9.18 Å². The summed E-state index contributed by atoms with van der Waals surface area (Å²) >= 11 is 1.37. The number of amides is 1. The second kappa shape index (κ2) is 7.23. The maximum absolute atomic E-state index is 13.1. The number of carbonyl (C=O) groups excluding carboxylic acids is 1. The quantitative estimate of drug-likeness (QED) is 0.707. The lowest BCUT2D eigenvalue weighted by atomic mass is 10.0. The lowest BCUT2D eigenvalue weighted by Gasteiger charge is -2.34. The number of hydrogen-bond acceptors (Lipinski definition) is 5. The second-order valence-corrected chi connectivity index (χ2v) is 7.93. The van der Waals surface area contributed by atoms with Crippen LogP contribution in [0.5, 0.6) is 0 Å². The van der Waals surface area contributed by atoms with Crippen LogP contribution < -0.4 is 10.2 Å². The molecule has 1 amide bonds. The van der Waals surface area contributed by atoms with Crippen molar-refractivity contribution in [3.63, 3.8) is 0 Å². The number of anilines is 2. The molecule has 1 N–H and O–H groups in total. The van der Waals surface area contributed by atoms with E-state index < -0.39 is 0 Å². The summed E-state index contributed by atoms with van der Waals surface area (Å²) in [4.78, 5) is 25.5. The van der Waals surface area contributed by atoms with Crippen LogP contribution in [0, 0.1) is 12.7 Å². The van der Waals surface area contributed by atoms with E-state index in [1.807, 2.05) is 6.92 Å². The van der Waals surface area contributed by atoms with Gasteiger partial charge in [-0.3, -0.25) is 4.79 Å². The topological polar surface area (TPSA) is 58.1 Å². The highest BCUT2D eigenvalue weighted by Gasteiger charge is 2.25. The van der Waals surface area contributed by atoms with E-state index in [2.05, 4.69) is 27.1 Å². The zero-order valence-corrected chi connectivity index (χ0v) is 16.1. The zero-order chi connectivity index (χ0) is 19.0. The Morgan fingerprint density at radius 2 is 2.04 bits per heavy atom. The summed E-state index contributed by atoms with van der Waals surface area (Å²) in [5.74, 6) is 0.378. The van der Waals surface area contributed by atoms with Crippen LogP contribution in [0.15, 0.2) is 30.6 Å². The monoisotopic (exact) mass is 384 g/mol.